The first-order valence-electron chi connectivity index (χ1n) is 7.56. The van der Waals surface area contributed by atoms with Gasteiger partial charge < -0.3 is 10.4 Å². The third-order valence-corrected chi connectivity index (χ3v) is 6.36. The minimum atomic E-state index is -3.50. The van der Waals surface area contributed by atoms with Crippen molar-refractivity contribution < 1.29 is 23.1 Å². The smallest absolute Gasteiger partial charge is 0.303 e. The molecular formula is C16H21NO5S. The third kappa shape index (κ3) is 3.90. The molecule has 1 aromatic rings. The Morgan fingerprint density at radius 2 is 1.91 bits per heavy atom. The molecule has 7 heteroatoms. The van der Waals surface area contributed by atoms with Gasteiger partial charge in [0.15, 0.2) is 14.6 Å². The van der Waals surface area contributed by atoms with E-state index in [1.165, 1.54) is 0 Å². The number of amides is 1. The summed E-state index contributed by atoms with van der Waals surface area (Å²) in [6.07, 6.45) is 3.60. The monoisotopic (exact) mass is 339 g/mol. The third-order valence-electron chi connectivity index (χ3n) is 4.35. The van der Waals surface area contributed by atoms with E-state index >= 15 is 0 Å². The highest BCUT2D eigenvalue weighted by Gasteiger charge is 2.49. The summed E-state index contributed by atoms with van der Waals surface area (Å²) >= 11 is 0. The van der Waals surface area contributed by atoms with Crippen LogP contribution in [0.1, 0.15) is 37.7 Å². The van der Waals surface area contributed by atoms with Gasteiger partial charge in [0.05, 0.1) is 0 Å². The largest absolute Gasteiger partial charge is 0.481 e. The van der Waals surface area contributed by atoms with Crippen LogP contribution in [0.5, 0.6) is 0 Å². The normalized spacial score (nSPS) is 16.9. The lowest BCUT2D eigenvalue weighted by molar-refractivity contribution is -0.137. The van der Waals surface area contributed by atoms with E-state index in [9.17, 15) is 18.0 Å². The molecule has 1 aliphatic rings. The van der Waals surface area contributed by atoms with Gasteiger partial charge in [0, 0.05) is 18.4 Å². The van der Waals surface area contributed by atoms with Gasteiger partial charge in [-0.15, -0.1) is 0 Å². The number of nitrogens with one attached hydrogen (secondary N) is 1. The second kappa shape index (κ2) is 6.70. The predicted octanol–water partition coefficient (Wildman–Crippen LogP) is 2.00. The fraction of sp³-hybridized carbons (Fsp3) is 0.500. The molecule has 0 radical (unpaired) electrons. The summed E-state index contributed by atoms with van der Waals surface area (Å²) in [7, 11) is -3.50. The molecule has 0 spiro atoms. The predicted molar refractivity (Wildman–Crippen MR) is 87.1 cm³/mol. The van der Waals surface area contributed by atoms with Gasteiger partial charge in [-0.3, -0.25) is 9.59 Å². The standard InChI is InChI=1S/C16H21NO5S/c1-23(21,22)16(9-2-3-10-16)15(20)17-13-6-4-5-12(11-13)7-8-14(18)19/h4-6,11H,2-3,7-10H2,1H3,(H,17,20)(H,18,19). The SMILES string of the molecule is CS(=O)(=O)C1(C(=O)Nc2cccc(CCC(=O)O)c2)CCCC1. The van der Waals surface area contributed by atoms with Crippen LogP contribution in [-0.2, 0) is 25.8 Å². The number of benzene rings is 1. The first kappa shape index (κ1) is 17.5. The van der Waals surface area contributed by atoms with Gasteiger partial charge in [-0.1, -0.05) is 25.0 Å². The van der Waals surface area contributed by atoms with E-state index in [-0.39, 0.29) is 6.42 Å². The van der Waals surface area contributed by atoms with Crippen LogP contribution in [0.25, 0.3) is 0 Å². The summed E-state index contributed by atoms with van der Waals surface area (Å²) in [6.45, 7) is 0. The first-order valence-corrected chi connectivity index (χ1v) is 9.45. The van der Waals surface area contributed by atoms with Crippen molar-refractivity contribution in [1.82, 2.24) is 0 Å². The molecule has 126 valence electrons. The molecule has 0 bridgehead atoms. The van der Waals surface area contributed by atoms with E-state index in [4.69, 9.17) is 5.11 Å². The highest BCUT2D eigenvalue weighted by molar-refractivity contribution is 7.92. The summed E-state index contributed by atoms with van der Waals surface area (Å²) in [5, 5.41) is 11.4. The number of carboxylic acids is 1. The molecule has 0 aromatic heterocycles. The molecule has 23 heavy (non-hydrogen) atoms. The second-order valence-electron chi connectivity index (χ2n) is 6.02. The molecule has 1 fully saturated rings. The van der Waals surface area contributed by atoms with Gasteiger partial charge in [-0.05, 0) is 37.0 Å². The maximum absolute atomic E-state index is 12.6. The molecule has 0 unspecified atom stereocenters. The van der Waals surface area contributed by atoms with E-state index in [1.54, 1.807) is 24.3 Å². The van der Waals surface area contributed by atoms with Crippen LogP contribution in [0.15, 0.2) is 24.3 Å². The molecular weight excluding hydrogens is 318 g/mol. The lowest BCUT2D eigenvalue weighted by Gasteiger charge is -2.25. The number of sulfone groups is 1. The first-order chi connectivity index (χ1) is 10.7. The van der Waals surface area contributed by atoms with Crippen molar-refractivity contribution in [3.05, 3.63) is 29.8 Å². The Morgan fingerprint density at radius 3 is 2.48 bits per heavy atom. The van der Waals surface area contributed by atoms with Crippen LogP contribution in [0.4, 0.5) is 5.69 Å². The van der Waals surface area contributed by atoms with Crippen LogP contribution < -0.4 is 5.32 Å². The second-order valence-corrected chi connectivity index (χ2v) is 8.35. The lowest BCUT2D eigenvalue weighted by atomic mass is 10.1. The van der Waals surface area contributed by atoms with Gasteiger partial charge >= 0.3 is 5.97 Å². The number of aliphatic carboxylic acids is 1. The number of hydrogen-bond donors (Lipinski definition) is 2. The van der Waals surface area contributed by atoms with Gasteiger partial charge in [-0.25, -0.2) is 8.42 Å². The number of aryl methyl sites for hydroxylation is 1. The minimum absolute atomic E-state index is 0.00464. The van der Waals surface area contributed by atoms with Crippen molar-refractivity contribution in [3.63, 3.8) is 0 Å². The summed E-state index contributed by atoms with van der Waals surface area (Å²) in [5.74, 6) is -1.38. The molecule has 2 N–H and O–H groups in total. The van der Waals surface area contributed by atoms with Gasteiger partial charge in [0.2, 0.25) is 5.91 Å². The zero-order valence-corrected chi connectivity index (χ0v) is 13.9. The fourth-order valence-corrected chi connectivity index (χ4v) is 4.43. The Kier molecular flexibility index (Phi) is 5.09. The van der Waals surface area contributed by atoms with Crippen molar-refractivity contribution in [2.75, 3.05) is 11.6 Å². The van der Waals surface area contributed by atoms with Gasteiger partial charge in [0.25, 0.3) is 0 Å². The Bertz CT molecular complexity index is 705. The van der Waals surface area contributed by atoms with E-state index in [2.05, 4.69) is 5.32 Å². The number of carbonyl (C=O) groups excluding carboxylic acids is 1. The minimum Gasteiger partial charge on any atom is -0.481 e. The maximum atomic E-state index is 12.6. The van der Waals surface area contributed by atoms with Crippen LogP contribution in [0.2, 0.25) is 0 Å². The van der Waals surface area contributed by atoms with E-state index in [1.807, 2.05) is 0 Å². The van der Waals surface area contributed by atoms with Crippen molar-refractivity contribution in [1.29, 1.82) is 0 Å². The van der Waals surface area contributed by atoms with E-state index in [0.29, 0.717) is 24.9 Å². The summed E-state index contributed by atoms with van der Waals surface area (Å²) < 4.78 is 22.9. The molecule has 0 saturated heterocycles. The molecule has 2 rings (SSSR count). The van der Waals surface area contributed by atoms with Crippen molar-refractivity contribution in [2.45, 2.75) is 43.3 Å². The molecule has 0 atom stereocenters. The Morgan fingerprint density at radius 1 is 1.26 bits per heavy atom. The molecule has 0 aliphatic heterocycles. The zero-order chi connectivity index (χ0) is 17.1. The number of rotatable bonds is 6. The quantitative estimate of drug-likeness (QED) is 0.825. The number of carboxylic acid groups (broad SMARTS) is 1. The zero-order valence-electron chi connectivity index (χ0n) is 13.0. The van der Waals surface area contributed by atoms with E-state index in [0.717, 1.165) is 24.7 Å². The molecule has 1 saturated carbocycles. The Hall–Kier alpha value is -1.89. The molecule has 1 amide bonds. The van der Waals surface area contributed by atoms with Crippen LogP contribution in [-0.4, -0.2) is 36.4 Å². The van der Waals surface area contributed by atoms with Crippen LogP contribution in [0, 0.1) is 0 Å². The van der Waals surface area contributed by atoms with Gasteiger partial charge in [0.1, 0.15) is 0 Å². The van der Waals surface area contributed by atoms with E-state index < -0.39 is 26.5 Å². The summed E-state index contributed by atoms with van der Waals surface area (Å²) in [5.41, 5.74) is 1.28. The lowest BCUT2D eigenvalue weighted by Crippen LogP contribution is -2.47. The van der Waals surface area contributed by atoms with Crippen molar-refractivity contribution in [2.24, 2.45) is 0 Å². The summed E-state index contributed by atoms with van der Waals surface area (Å²) in [6, 6.07) is 6.86. The number of anilines is 1. The van der Waals surface area contributed by atoms with Crippen molar-refractivity contribution >= 4 is 27.4 Å². The highest BCUT2D eigenvalue weighted by Crippen LogP contribution is 2.37. The average Bonchev–Trinajstić information content (AvgIpc) is 2.96. The highest BCUT2D eigenvalue weighted by atomic mass is 32.2. The molecule has 1 aliphatic carbocycles. The molecule has 1 aromatic carbocycles. The van der Waals surface area contributed by atoms with Crippen LogP contribution >= 0.6 is 0 Å². The average molecular weight is 339 g/mol. The van der Waals surface area contributed by atoms with Crippen LogP contribution in [0.3, 0.4) is 0 Å². The maximum Gasteiger partial charge on any atom is 0.303 e. The topological polar surface area (TPSA) is 101 Å². The number of carbonyl (C=O) groups is 2. The fourth-order valence-electron chi connectivity index (χ4n) is 3.01. The Labute approximate surface area is 135 Å². The number of hydrogen-bond acceptors (Lipinski definition) is 4. The molecule has 0 heterocycles. The molecule has 6 nitrogen and oxygen atoms in total. The summed E-state index contributed by atoms with van der Waals surface area (Å²) in [4.78, 5) is 23.2. The van der Waals surface area contributed by atoms with Gasteiger partial charge in [-0.2, -0.15) is 0 Å². The van der Waals surface area contributed by atoms with Crippen molar-refractivity contribution in [3.8, 4) is 0 Å². The Balaban J connectivity index is 2.16.